The van der Waals surface area contributed by atoms with E-state index in [1.54, 1.807) is 11.8 Å². The number of rotatable bonds is 3. The summed E-state index contributed by atoms with van der Waals surface area (Å²) in [6, 6.07) is 12.3. The molecule has 1 aromatic rings. The van der Waals surface area contributed by atoms with Crippen molar-refractivity contribution in [3.63, 3.8) is 0 Å². The highest BCUT2D eigenvalue weighted by atomic mass is 32.2. The Morgan fingerprint density at radius 1 is 1.42 bits per heavy atom. The third-order valence-electron chi connectivity index (χ3n) is 1.73. The minimum Gasteiger partial charge on any atom is -0.198 e. The van der Waals surface area contributed by atoms with Crippen LogP contribution < -0.4 is 0 Å². The van der Waals surface area contributed by atoms with E-state index in [1.165, 1.54) is 5.56 Å². The van der Waals surface area contributed by atoms with Crippen molar-refractivity contribution < 1.29 is 0 Å². The lowest BCUT2D eigenvalue weighted by Gasteiger charge is -2.09. The topological polar surface area (TPSA) is 23.8 Å². The molecule has 0 saturated carbocycles. The van der Waals surface area contributed by atoms with Gasteiger partial charge in [-0.2, -0.15) is 17.0 Å². The third kappa shape index (κ3) is 2.28. The van der Waals surface area contributed by atoms with E-state index in [-0.39, 0.29) is 0 Å². The average molecular weight is 177 g/mol. The number of nitrogens with zero attached hydrogens (tertiary/aromatic N) is 1. The molecule has 0 aromatic heterocycles. The standard InChI is InChI=1S/C10H11NS/c1-12-10(7-8-11)9-5-3-2-4-6-9/h2-6,10H,7H2,1H3. The fourth-order valence-corrected chi connectivity index (χ4v) is 1.76. The van der Waals surface area contributed by atoms with Gasteiger partial charge in [-0.25, -0.2) is 0 Å². The molecule has 0 radical (unpaired) electrons. The zero-order chi connectivity index (χ0) is 8.81. The molecule has 0 aliphatic heterocycles. The van der Waals surface area contributed by atoms with Gasteiger partial charge in [-0.1, -0.05) is 30.3 Å². The first-order valence-electron chi connectivity index (χ1n) is 3.83. The summed E-state index contributed by atoms with van der Waals surface area (Å²) in [5.41, 5.74) is 1.24. The number of hydrogen-bond donors (Lipinski definition) is 0. The molecule has 1 unspecified atom stereocenters. The highest BCUT2D eigenvalue weighted by Gasteiger charge is 2.07. The molecule has 0 N–H and O–H groups in total. The molecule has 1 aromatic carbocycles. The molecule has 0 aliphatic carbocycles. The number of thioether (sulfide) groups is 1. The smallest absolute Gasteiger partial charge is 0.0636 e. The van der Waals surface area contributed by atoms with Crippen LogP contribution in [0.25, 0.3) is 0 Å². The van der Waals surface area contributed by atoms with E-state index in [9.17, 15) is 0 Å². The fourth-order valence-electron chi connectivity index (χ4n) is 1.09. The molecule has 2 heteroatoms. The molecule has 1 atom stereocenters. The highest BCUT2D eigenvalue weighted by molar-refractivity contribution is 7.98. The Morgan fingerprint density at radius 3 is 2.58 bits per heavy atom. The van der Waals surface area contributed by atoms with Gasteiger partial charge in [0.25, 0.3) is 0 Å². The van der Waals surface area contributed by atoms with Gasteiger partial charge in [0.2, 0.25) is 0 Å². The number of hydrogen-bond acceptors (Lipinski definition) is 2. The summed E-state index contributed by atoms with van der Waals surface area (Å²) in [4.78, 5) is 0. The van der Waals surface area contributed by atoms with Crippen LogP contribution in [-0.2, 0) is 0 Å². The van der Waals surface area contributed by atoms with Crippen LogP contribution in [0.5, 0.6) is 0 Å². The Bertz CT molecular complexity index is 263. The van der Waals surface area contributed by atoms with E-state index in [1.807, 2.05) is 24.5 Å². The van der Waals surface area contributed by atoms with Crippen LogP contribution in [-0.4, -0.2) is 6.26 Å². The summed E-state index contributed by atoms with van der Waals surface area (Å²) < 4.78 is 0. The van der Waals surface area contributed by atoms with Crippen LogP contribution in [0.3, 0.4) is 0 Å². The maximum atomic E-state index is 8.57. The van der Waals surface area contributed by atoms with Gasteiger partial charge in [0.15, 0.2) is 0 Å². The highest BCUT2D eigenvalue weighted by Crippen LogP contribution is 2.28. The Morgan fingerprint density at radius 2 is 2.08 bits per heavy atom. The van der Waals surface area contributed by atoms with E-state index in [4.69, 9.17) is 5.26 Å². The van der Waals surface area contributed by atoms with Crippen LogP contribution in [0.1, 0.15) is 17.2 Å². The van der Waals surface area contributed by atoms with Crippen LogP contribution in [0.4, 0.5) is 0 Å². The second-order valence-electron chi connectivity index (χ2n) is 2.50. The SMILES string of the molecule is CSC(CC#N)c1ccccc1. The lowest BCUT2D eigenvalue weighted by atomic mass is 10.1. The van der Waals surface area contributed by atoms with Gasteiger partial charge in [-0.05, 0) is 11.8 Å². The van der Waals surface area contributed by atoms with E-state index in [0.717, 1.165) is 0 Å². The summed E-state index contributed by atoms with van der Waals surface area (Å²) in [6.07, 6.45) is 2.63. The second-order valence-corrected chi connectivity index (χ2v) is 3.54. The number of benzene rings is 1. The van der Waals surface area contributed by atoms with Crippen LogP contribution >= 0.6 is 11.8 Å². The van der Waals surface area contributed by atoms with E-state index < -0.39 is 0 Å². The first kappa shape index (κ1) is 9.15. The van der Waals surface area contributed by atoms with Crippen molar-refractivity contribution in [3.8, 4) is 6.07 Å². The Labute approximate surface area is 77.4 Å². The van der Waals surface area contributed by atoms with E-state index >= 15 is 0 Å². The van der Waals surface area contributed by atoms with E-state index in [2.05, 4.69) is 18.2 Å². The summed E-state index contributed by atoms with van der Waals surface area (Å²) in [5.74, 6) is 0. The molecule has 0 aliphatic rings. The average Bonchev–Trinajstić information content (AvgIpc) is 2.15. The van der Waals surface area contributed by atoms with E-state index in [0.29, 0.717) is 11.7 Å². The van der Waals surface area contributed by atoms with Gasteiger partial charge in [0.05, 0.1) is 12.5 Å². The summed E-state index contributed by atoms with van der Waals surface area (Å²) in [5, 5.41) is 8.90. The second kappa shape index (κ2) is 4.84. The molecule has 62 valence electrons. The predicted octanol–water partition coefficient (Wildman–Crippen LogP) is 3.00. The first-order chi connectivity index (χ1) is 5.88. The van der Waals surface area contributed by atoms with Crippen LogP contribution in [0, 0.1) is 11.3 Å². The van der Waals surface area contributed by atoms with Crippen LogP contribution in [0.2, 0.25) is 0 Å². The Balaban J connectivity index is 2.75. The first-order valence-corrected chi connectivity index (χ1v) is 5.12. The third-order valence-corrected chi connectivity index (χ3v) is 2.74. The molecule has 0 fully saturated rings. The normalized spacial score (nSPS) is 12.0. The largest absolute Gasteiger partial charge is 0.198 e. The Kier molecular flexibility index (Phi) is 3.69. The fraction of sp³-hybridized carbons (Fsp3) is 0.300. The molecule has 0 amide bonds. The summed E-state index contributed by atoms with van der Waals surface area (Å²) in [6.45, 7) is 0. The lowest BCUT2D eigenvalue weighted by molar-refractivity contribution is 0.983. The molecule has 12 heavy (non-hydrogen) atoms. The lowest BCUT2D eigenvalue weighted by Crippen LogP contribution is -1.90. The molecule has 0 heterocycles. The van der Waals surface area contributed by atoms with Gasteiger partial charge < -0.3 is 0 Å². The van der Waals surface area contributed by atoms with Crippen molar-refractivity contribution in [3.05, 3.63) is 35.9 Å². The maximum absolute atomic E-state index is 8.57. The van der Waals surface area contributed by atoms with Crippen molar-refractivity contribution >= 4 is 11.8 Å². The Hall–Kier alpha value is -0.940. The minimum atomic E-state index is 0.330. The van der Waals surface area contributed by atoms with Gasteiger partial charge in [-0.3, -0.25) is 0 Å². The summed E-state index contributed by atoms with van der Waals surface area (Å²) in [7, 11) is 0. The van der Waals surface area contributed by atoms with Crippen LogP contribution in [0.15, 0.2) is 30.3 Å². The predicted molar refractivity (Wildman–Crippen MR) is 52.9 cm³/mol. The van der Waals surface area contributed by atoms with Crippen molar-refractivity contribution in [2.45, 2.75) is 11.7 Å². The monoisotopic (exact) mass is 177 g/mol. The van der Waals surface area contributed by atoms with Crippen molar-refractivity contribution in [2.24, 2.45) is 0 Å². The zero-order valence-electron chi connectivity index (χ0n) is 7.03. The molecule has 0 bridgehead atoms. The maximum Gasteiger partial charge on any atom is 0.0636 e. The van der Waals surface area contributed by atoms with Gasteiger partial charge >= 0.3 is 0 Å². The van der Waals surface area contributed by atoms with Crippen molar-refractivity contribution in [1.82, 2.24) is 0 Å². The molecule has 0 spiro atoms. The molecule has 1 rings (SSSR count). The molecular weight excluding hydrogens is 166 g/mol. The molecule has 0 saturated heterocycles. The zero-order valence-corrected chi connectivity index (χ0v) is 7.84. The molecule has 1 nitrogen and oxygen atoms in total. The van der Waals surface area contributed by atoms with Gasteiger partial charge in [0, 0.05) is 5.25 Å². The summed E-state index contributed by atoms with van der Waals surface area (Å²) >= 11 is 1.73. The van der Waals surface area contributed by atoms with Crippen molar-refractivity contribution in [1.29, 1.82) is 5.26 Å². The molecular formula is C10H11NS. The minimum absolute atomic E-state index is 0.330. The quantitative estimate of drug-likeness (QED) is 0.708. The van der Waals surface area contributed by atoms with Gasteiger partial charge in [0.1, 0.15) is 0 Å². The number of nitriles is 1. The van der Waals surface area contributed by atoms with Crippen molar-refractivity contribution in [2.75, 3.05) is 6.26 Å². The van der Waals surface area contributed by atoms with Gasteiger partial charge in [-0.15, -0.1) is 0 Å².